The van der Waals surface area contributed by atoms with Crippen molar-refractivity contribution in [1.82, 2.24) is 9.55 Å². The maximum Gasteiger partial charge on any atom is 0.326 e. The van der Waals surface area contributed by atoms with Crippen molar-refractivity contribution in [2.24, 2.45) is 12.8 Å². The second kappa shape index (κ2) is 8.79. The third-order valence-corrected chi connectivity index (χ3v) is 4.40. The Labute approximate surface area is 132 Å². The molecule has 0 bridgehead atoms. The first kappa shape index (κ1) is 16.8. The zero-order chi connectivity index (χ0) is 15.8. The van der Waals surface area contributed by atoms with E-state index >= 15 is 0 Å². The Kier molecular flexibility index (Phi) is 6.72. The van der Waals surface area contributed by atoms with E-state index in [4.69, 9.17) is 5.73 Å². The standard InChI is InChI=1S/C18H29N3O/c1-21-17-15(12-10-13-16(17)20-18(21)22)11-8-6-4-2-3-5-7-9-14-19/h10,12-13H,2-9,11,14,19H2,1H3,(H,20,22). The third-order valence-electron chi connectivity index (χ3n) is 4.40. The molecule has 0 saturated carbocycles. The highest BCUT2D eigenvalue weighted by atomic mass is 16.1. The SMILES string of the molecule is Cn1c(=O)[nH]c2cccc(CCCCCCCCCCN)c21. The predicted octanol–water partition coefficient (Wildman–Crippen LogP) is 3.49. The van der Waals surface area contributed by atoms with E-state index in [2.05, 4.69) is 11.1 Å². The smallest absolute Gasteiger partial charge is 0.326 e. The minimum Gasteiger partial charge on any atom is -0.330 e. The van der Waals surface area contributed by atoms with E-state index in [-0.39, 0.29) is 5.69 Å². The molecule has 0 fully saturated rings. The summed E-state index contributed by atoms with van der Waals surface area (Å²) in [6, 6.07) is 6.15. The molecular formula is C18H29N3O. The van der Waals surface area contributed by atoms with Gasteiger partial charge in [0.05, 0.1) is 11.0 Å². The Bertz CT molecular complexity index is 627. The lowest BCUT2D eigenvalue weighted by Crippen LogP contribution is -2.12. The van der Waals surface area contributed by atoms with Gasteiger partial charge in [-0.25, -0.2) is 4.79 Å². The molecule has 0 radical (unpaired) electrons. The molecule has 1 aromatic carbocycles. The molecule has 22 heavy (non-hydrogen) atoms. The van der Waals surface area contributed by atoms with E-state index in [1.807, 2.05) is 19.2 Å². The lowest BCUT2D eigenvalue weighted by molar-refractivity contribution is 0.570. The molecular weight excluding hydrogens is 274 g/mol. The van der Waals surface area contributed by atoms with Crippen molar-refractivity contribution in [3.63, 3.8) is 0 Å². The molecule has 2 aromatic rings. The van der Waals surface area contributed by atoms with Crippen molar-refractivity contribution < 1.29 is 0 Å². The van der Waals surface area contributed by atoms with Crippen molar-refractivity contribution in [3.8, 4) is 0 Å². The Morgan fingerprint density at radius 1 is 1.00 bits per heavy atom. The van der Waals surface area contributed by atoms with Gasteiger partial charge in [-0.1, -0.05) is 50.7 Å². The van der Waals surface area contributed by atoms with Gasteiger partial charge >= 0.3 is 5.69 Å². The van der Waals surface area contributed by atoms with E-state index < -0.39 is 0 Å². The highest BCUT2D eigenvalue weighted by Crippen LogP contribution is 2.18. The minimum absolute atomic E-state index is 0.0278. The highest BCUT2D eigenvalue weighted by molar-refractivity contribution is 5.78. The topological polar surface area (TPSA) is 63.8 Å². The monoisotopic (exact) mass is 303 g/mol. The molecule has 0 spiro atoms. The Morgan fingerprint density at radius 3 is 2.32 bits per heavy atom. The van der Waals surface area contributed by atoms with Crippen molar-refractivity contribution in [3.05, 3.63) is 34.2 Å². The molecule has 0 unspecified atom stereocenters. The molecule has 2 rings (SSSR count). The van der Waals surface area contributed by atoms with Crippen LogP contribution in [0.2, 0.25) is 0 Å². The third kappa shape index (κ3) is 4.47. The summed E-state index contributed by atoms with van der Waals surface area (Å²) in [6.45, 7) is 0.827. The summed E-state index contributed by atoms with van der Waals surface area (Å²) < 4.78 is 1.72. The van der Waals surface area contributed by atoms with Gasteiger partial charge < -0.3 is 10.7 Å². The quantitative estimate of drug-likeness (QED) is 0.660. The molecule has 1 heterocycles. The first-order valence-corrected chi connectivity index (χ1v) is 8.60. The summed E-state index contributed by atoms with van der Waals surface area (Å²) in [4.78, 5) is 14.6. The fraction of sp³-hybridized carbons (Fsp3) is 0.611. The zero-order valence-electron chi connectivity index (χ0n) is 13.7. The van der Waals surface area contributed by atoms with E-state index in [1.54, 1.807) is 4.57 Å². The van der Waals surface area contributed by atoms with Crippen molar-refractivity contribution in [2.45, 2.75) is 57.8 Å². The Balaban J connectivity index is 1.73. The number of fused-ring (bicyclic) bond motifs is 1. The van der Waals surface area contributed by atoms with E-state index in [9.17, 15) is 4.79 Å². The molecule has 0 atom stereocenters. The van der Waals surface area contributed by atoms with Crippen molar-refractivity contribution >= 4 is 11.0 Å². The lowest BCUT2D eigenvalue weighted by Gasteiger charge is -2.05. The Hall–Kier alpha value is -1.55. The Morgan fingerprint density at radius 2 is 1.64 bits per heavy atom. The van der Waals surface area contributed by atoms with Crippen LogP contribution in [0.4, 0.5) is 0 Å². The number of hydrogen-bond donors (Lipinski definition) is 2. The van der Waals surface area contributed by atoms with Crippen LogP contribution in [0, 0.1) is 0 Å². The number of benzene rings is 1. The summed E-state index contributed by atoms with van der Waals surface area (Å²) in [6.07, 6.45) is 11.3. The normalized spacial score (nSPS) is 11.4. The van der Waals surface area contributed by atoms with Gasteiger partial charge in [0.1, 0.15) is 0 Å². The summed E-state index contributed by atoms with van der Waals surface area (Å²) in [5.74, 6) is 0. The first-order valence-electron chi connectivity index (χ1n) is 8.60. The van der Waals surface area contributed by atoms with E-state index in [0.717, 1.165) is 24.0 Å². The lowest BCUT2D eigenvalue weighted by atomic mass is 10.0. The molecule has 4 heteroatoms. The van der Waals surface area contributed by atoms with Gasteiger partial charge in [0, 0.05) is 7.05 Å². The second-order valence-corrected chi connectivity index (χ2v) is 6.17. The van der Waals surface area contributed by atoms with Gasteiger partial charge in [0.25, 0.3) is 0 Å². The number of unbranched alkanes of at least 4 members (excludes halogenated alkanes) is 7. The van der Waals surface area contributed by atoms with Crippen LogP contribution >= 0.6 is 0 Å². The predicted molar refractivity (Wildman–Crippen MR) is 93.2 cm³/mol. The minimum atomic E-state index is -0.0278. The molecule has 0 aliphatic heterocycles. The van der Waals surface area contributed by atoms with Crippen LogP contribution in [0.15, 0.2) is 23.0 Å². The maximum atomic E-state index is 11.7. The fourth-order valence-corrected chi connectivity index (χ4v) is 3.11. The number of nitrogens with one attached hydrogen (secondary N) is 1. The van der Waals surface area contributed by atoms with Gasteiger partial charge in [0.2, 0.25) is 0 Å². The zero-order valence-corrected chi connectivity index (χ0v) is 13.7. The van der Waals surface area contributed by atoms with Gasteiger partial charge in [-0.3, -0.25) is 4.57 Å². The average Bonchev–Trinajstić information content (AvgIpc) is 2.81. The van der Waals surface area contributed by atoms with Gasteiger partial charge in [0.15, 0.2) is 0 Å². The largest absolute Gasteiger partial charge is 0.330 e. The number of aromatic amines is 1. The molecule has 0 amide bonds. The van der Waals surface area contributed by atoms with Crippen LogP contribution in [0.1, 0.15) is 56.9 Å². The number of nitrogens with two attached hydrogens (primary N) is 1. The number of H-pyrrole nitrogens is 1. The fourth-order valence-electron chi connectivity index (χ4n) is 3.11. The molecule has 4 nitrogen and oxygen atoms in total. The van der Waals surface area contributed by atoms with Crippen molar-refractivity contribution in [1.29, 1.82) is 0 Å². The first-order chi connectivity index (χ1) is 10.7. The second-order valence-electron chi connectivity index (χ2n) is 6.17. The van der Waals surface area contributed by atoms with Crippen LogP contribution in [0.5, 0.6) is 0 Å². The van der Waals surface area contributed by atoms with E-state index in [1.165, 1.54) is 56.9 Å². The number of hydrogen-bond acceptors (Lipinski definition) is 2. The number of nitrogens with zero attached hydrogens (tertiary/aromatic N) is 1. The van der Waals surface area contributed by atoms with E-state index in [0.29, 0.717) is 0 Å². The number of para-hydroxylation sites is 1. The summed E-state index contributed by atoms with van der Waals surface area (Å²) >= 11 is 0. The van der Waals surface area contributed by atoms with Crippen molar-refractivity contribution in [2.75, 3.05) is 6.54 Å². The molecule has 1 aromatic heterocycles. The summed E-state index contributed by atoms with van der Waals surface area (Å²) in [5.41, 5.74) is 8.76. The molecule has 0 saturated heterocycles. The molecule has 3 N–H and O–H groups in total. The van der Waals surface area contributed by atoms with Crippen LogP contribution in [0.25, 0.3) is 11.0 Å². The average molecular weight is 303 g/mol. The van der Waals surface area contributed by atoms with Gasteiger partial charge in [-0.2, -0.15) is 0 Å². The maximum absolute atomic E-state index is 11.7. The summed E-state index contributed by atoms with van der Waals surface area (Å²) in [5, 5.41) is 0. The van der Waals surface area contributed by atoms with Crippen LogP contribution in [-0.2, 0) is 13.5 Å². The van der Waals surface area contributed by atoms with Gasteiger partial charge in [-0.15, -0.1) is 0 Å². The van der Waals surface area contributed by atoms with Gasteiger partial charge in [-0.05, 0) is 37.4 Å². The molecule has 0 aliphatic rings. The number of aromatic nitrogens is 2. The molecule has 122 valence electrons. The van der Waals surface area contributed by atoms with Crippen LogP contribution < -0.4 is 11.4 Å². The number of rotatable bonds is 10. The number of aryl methyl sites for hydroxylation is 2. The molecule has 0 aliphatic carbocycles. The van der Waals surface area contributed by atoms with Crippen LogP contribution in [-0.4, -0.2) is 16.1 Å². The van der Waals surface area contributed by atoms with Crippen LogP contribution in [0.3, 0.4) is 0 Å². The number of imidazole rings is 1. The highest BCUT2D eigenvalue weighted by Gasteiger charge is 2.07. The summed E-state index contributed by atoms with van der Waals surface area (Å²) in [7, 11) is 1.84.